The molecule has 0 fully saturated rings. The van der Waals surface area contributed by atoms with Crippen molar-refractivity contribution in [3.63, 3.8) is 0 Å². The molecule has 0 aliphatic heterocycles. The van der Waals surface area contributed by atoms with Crippen molar-refractivity contribution in [3.8, 4) is 0 Å². The van der Waals surface area contributed by atoms with E-state index in [1.165, 1.54) is 0 Å². The lowest BCUT2D eigenvalue weighted by Gasteiger charge is -1.92. The van der Waals surface area contributed by atoms with Gasteiger partial charge in [0, 0.05) is 12.0 Å². The van der Waals surface area contributed by atoms with E-state index in [9.17, 15) is 4.79 Å². The van der Waals surface area contributed by atoms with Gasteiger partial charge in [0.1, 0.15) is 0 Å². The van der Waals surface area contributed by atoms with Gasteiger partial charge < -0.3 is 4.52 Å². The summed E-state index contributed by atoms with van der Waals surface area (Å²) >= 11 is 0. The molecule has 0 saturated carbocycles. The Hall–Kier alpha value is -1.12. The number of Topliss-reactive ketones (excluding diaryl/α,β-unsaturated/α-hetero) is 1. The average Bonchev–Trinajstić information content (AvgIpc) is 2.36. The molecule has 0 aliphatic rings. The first-order valence-corrected chi connectivity index (χ1v) is 3.70. The van der Waals surface area contributed by atoms with E-state index in [-0.39, 0.29) is 5.78 Å². The Morgan fingerprint density at radius 2 is 2.45 bits per heavy atom. The SMILES string of the molecule is CCCC(=O)c1oncc1C. The van der Waals surface area contributed by atoms with Gasteiger partial charge in [-0.3, -0.25) is 4.79 Å². The van der Waals surface area contributed by atoms with Crippen LogP contribution >= 0.6 is 0 Å². The third-order valence-corrected chi connectivity index (χ3v) is 1.48. The molecule has 0 bridgehead atoms. The Morgan fingerprint density at radius 1 is 1.73 bits per heavy atom. The van der Waals surface area contributed by atoms with Crippen LogP contribution in [0.1, 0.15) is 35.9 Å². The second-order valence-electron chi connectivity index (χ2n) is 2.51. The van der Waals surface area contributed by atoms with Crippen molar-refractivity contribution in [1.29, 1.82) is 0 Å². The molecule has 3 nitrogen and oxygen atoms in total. The zero-order chi connectivity index (χ0) is 8.27. The van der Waals surface area contributed by atoms with Crippen LogP contribution in [0.2, 0.25) is 0 Å². The molecule has 0 spiro atoms. The molecule has 3 heteroatoms. The number of aromatic nitrogens is 1. The van der Waals surface area contributed by atoms with Crippen LogP contribution in [0.25, 0.3) is 0 Å². The lowest BCUT2D eigenvalue weighted by molar-refractivity contribution is 0.0945. The number of carbonyl (C=O) groups is 1. The Bertz CT molecular complexity index is 252. The van der Waals surface area contributed by atoms with Gasteiger partial charge in [0.25, 0.3) is 0 Å². The molecule has 0 aliphatic carbocycles. The topological polar surface area (TPSA) is 43.1 Å². The number of ketones is 1. The molecule has 0 saturated heterocycles. The van der Waals surface area contributed by atoms with Gasteiger partial charge in [-0.05, 0) is 13.3 Å². The van der Waals surface area contributed by atoms with Gasteiger partial charge in [-0.15, -0.1) is 0 Å². The van der Waals surface area contributed by atoms with Crippen molar-refractivity contribution in [2.75, 3.05) is 0 Å². The minimum absolute atomic E-state index is 0.0440. The first-order chi connectivity index (χ1) is 5.25. The molecule has 0 N–H and O–H groups in total. The van der Waals surface area contributed by atoms with Crippen molar-refractivity contribution in [1.82, 2.24) is 5.16 Å². The van der Waals surface area contributed by atoms with E-state index in [0.717, 1.165) is 12.0 Å². The van der Waals surface area contributed by atoms with Crippen LogP contribution in [0.5, 0.6) is 0 Å². The molecule has 0 radical (unpaired) electrons. The lowest BCUT2D eigenvalue weighted by Crippen LogP contribution is -1.97. The molecular weight excluding hydrogens is 142 g/mol. The summed E-state index contributed by atoms with van der Waals surface area (Å²) in [6.45, 7) is 3.78. The predicted octanol–water partition coefficient (Wildman–Crippen LogP) is 1.97. The molecule has 0 unspecified atom stereocenters. The molecule has 0 amide bonds. The van der Waals surface area contributed by atoms with Crippen LogP contribution in [0.4, 0.5) is 0 Å². The van der Waals surface area contributed by atoms with Gasteiger partial charge >= 0.3 is 0 Å². The quantitative estimate of drug-likeness (QED) is 0.623. The Kier molecular flexibility index (Phi) is 2.41. The highest BCUT2D eigenvalue weighted by Crippen LogP contribution is 2.09. The highest BCUT2D eigenvalue weighted by molar-refractivity contribution is 5.94. The molecule has 0 atom stereocenters. The third-order valence-electron chi connectivity index (χ3n) is 1.48. The molecule has 1 heterocycles. The normalized spacial score (nSPS) is 10.0. The van der Waals surface area contributed by atoms with Gasteiger partial charge in [0.15, 0.2) is 0 Å². The minimum atomic E-state index is 0.0440. The predicted molar refractivity (Wildman–Crippen MR) is 40.5 cm³/mol. The van der Waals surface area contributed by atoms with E-state index >= 15 is 0 Å². The number of aryl methyl sites for hydroxylation is 1. The molecule has 0 aromatic carbocycles. The van der Waals surface area contributed by atoms with Crippen LogP contribution in [0, 0.1) is 6.92 Å². The van der Waals surface area contributed by atoms with Gasteiger partial charge in [-0.25, -0.2) is 0 Å². The van der Waals surface area contributed by atoms with Gasteiger partial charge in [-0.2, -0.15) is 0 Å². The molecular formula is C8H11NO2. The second-order valence-corrected chi connectivity index (χ2v) is 2.51. The highest BCUT2D eigenvalue weighted by Gasteiger charge is 2.11. The van der Waals surface area contributed by atoms with Crippen molar-refractivity contribution < 1.29 is 9.32 Å². The number of hydrogen-bond acceptors (Lipinski definition) is 3. The maximum atomic E-state index is 11.2. The fourth-order valence-electron chi connectivity index (χ4n) is 0.900. The standard InChI is InChI=1S/C8H11NO2/c1-3-4-7(10)8-6(2)5-9-11-8/h5H,3-4H2,1-2H3. The Morgan fingerprint density at radius 3 is 2.91 bits per heavy atom. The summed E-state index contributed by atoms with van der Waals surface area (Å²) in [5, 5.41) is 3.53. The van der Waals surface area contributed by atoms with Crippen LogP contribution in [0.3, 0.4) is 0 Å². The second kappa shape index (κ2) is 3.32. The van der Waals surface area contributed by atoms with Crippen molar-refractivity contribution in [3.05, 3.63) is 17.5 Å². The van der Waals surface area contributed by atoms with Gasteiger partial charge in [0.05, 0.1) is 6.20 Å². The Labute approximate surface area is 65.4 Å². The van der Waals surface area contributed by atoms with Crippen molar-refractivity contribution >= 4 is 5.78 Å². The third kappa shape index (κ3) is 1.67. The number of hydrogen-bond donors (Lipinski definition) is 0. The first kappa shape index (κ1) is 7.98. The summed E-state index contributed by atoms with van der Waals surface area (Å²) in [7, 11) is 0. The summed E-state index contributed by atoms with van der Waals surface area (Å²) in [5.74, 6) is 0.453. The van der Waals surface area contributed by atoms with Crippen LogP contribution in [-0.4, -0.2) is 10.9 Å². The lowest BCUT2D eigenvalue weighted by atomic mass is 10.1. The molecule has 60 valence electrons. The van der Waals surface area contributed by atoms with Gasteiger partial charge in [-0.1, -0.05) is 12.1 Å². The van der Waals surface area contributed by atoms with E-state index in [1.54, 1.807) is 6.20 Å². The van der Waals surface area contributed by atoms with Crippen LogP contribution in [-0.2, 0) is 0 Å². The maximum Gasteiger partial charge on any atom is 0.205 e. The number of nitrogens with zero attached hydrogens (tertiary/aromatic N) is 1. The summed E-state index contributed by atoms with van der Waals surface area (Å²) < 4.78 is 4.78. The molecule has 1 aromatic heterocycles. The van der Waals surface area contributed by atoms with Crippen molar-refractivity contribution in [2.24, 2.45) is 0 Å². The molecule has 11 heavy (non-hydrogen) atoms. The average molecular weight is 153 g/mol. The summed E-state index contributed by atoms with van der Waals surface area (Å²) in [4.78, 5) is 11.2. The molecule has 1 rings (SSSR count). The van der Waals surface area contributed by atoms with Crippen molar-refractivity contribution in [2.45, 2.75) is 26.7 Å². The zero-order valence-electron chi connectivity index (χ0n) is 6.76. The summed E-state index contributed by atoms with van der Waals surface area (Å²) in [6, 6.07) is 0. The van der Waals surface area contributed by atoms with E-state index in [2.05, 4.69) is 5.16 Å². The fourth-order valence-corrected chi connectivity index (χ4v) is 0.900. The fraction of sp³-hybridized carbons (Fsp3) is 0.500. The minimum Gasteiger partial charge on any atom is -0.353 e. The van der Waals surface area contributed by atoms with E-state index < -0.39 is 0 Å². The van der Waals surface area contributed by atoms with E-state index in [0.29, 0.717) is 12.2 Å². The van der Waals surface area contributed by atoms with E-state index in [4.69, 9.17) is 4.52 Å². The summed E-state index contributed by atoms with van der Waals surface area (Å²) in [6.07, 6.45) is 2.94. The molecule has 1 aromatic rings. The number of rotatable bonds is 3. The van der Waals surface area contributed by atoms with Crippen LogP contribution in [0.15, 0.2) is 10.7 Å². The Balaban J connectivity index is 2.76. The zero-order valence-corrected chi connectivity index (χ0v) is 6.76. The van der Waals surface area contributed by atoms with Gasteiger partial charge in [0.2, 0.25) is 11.5 Å². The largest absolute Gasteiger partial charge is 0.353 e. The highest BCUT2D eigenvalue weighted by atomic mass is 16.5. The smallest absolute Gasteiger partial charge is 0.205 e. The summed E-state index contributed by atoms with van der Waals surface area (Å²) in [5.41, 5.74) is 0.823. The van der Waals surface area contributed by atoms with E-state index in [1.807, 2.05) is 13.8 Å². The first-order valence-electron chi connectivity index (χ1n) is 3.70. The van der Waals surface area contributed by atoms with Crippen LogP contribution < -0.4 is 0 Å². The maximum absolute atomic E-state index is 11.2. The monoisotopic (exact) mass is 153 g/mol. The number of carbonyl (C=O) groups excluding carboxylic acids is 1.